The van der Waals surface area contributed by atoms with E-state index in [0.717, 1.165) is 63.8 Å². The van der Waals surface area contributed by atoms with E-state index >= 15 is 0 Å². The zero-order chi connectivity index (χ0) is 20.1. The van der Waals surface area contributed by atoms with Crippen LogP contribution in [0.3, 0.4) is 0 Å². The van der Waals surface area contributed by atoms with Gasteiger partial charge in [0.2, 0.25) is 0 Å². The Morgan fingerprint density at radius 3 is 2.83 bits per heavy atom. The summed E-state index contributed by atoms with van der Waals surface area (Å²) in [4.78, 5) is 6.79. The van der Waals surface area contributed by atoms with Crippen LogP contribution in [0.25, 0.3) is 11.1 Å². The summed E-state index contributed by atoms with van der Waals surface area (Å²) < 4.78 is 11.0. The Labute approximate surface area is 173 Å². The first kappa shape index (κ1) is 19.8. The van der Waals surface area contributed by atoms with Crippen LogP contribution in [0.5, 0.6) is 5.75 Å². The van der Waals surface area contributed by atoms with E-state index in [0.29, 0.717) is 5.92 Å². The molecule has 0 aromatic heterocycles. The molecule has 2 aliphatic rings. The second kappa shape index (κ2) is 9.31. The van der Waals surface area contributed by atoms with Crippen molar-refractivity contribution in [3.63, 3.8) is 0 Å². The number of benzene rings is 2. The van der Waals surface area contributed by atoms with E-state index in [1.165, 1.54) is 22.3 Å². The average molecular weight is 394 g/mol. The Balaban J connectivity index is 1.36. The predicted octanol–water partition coefficient (Wildman–Crippen LogP) is 3.72. The molecular weight excluding hydrogens is 362 g/mol. The van der Waals surface area contributed by atoms with Crippen molar-refractivity contribution in [3.8, 4) is 16.9 Å². The quantitative estimate of drug-likeness (QED) is 0.621. The first-order chi connectivity index (χ1) is 14.3. The van der Waals surface area contributed by atoms with Crippen molar-refractivity contribution >= 4 is 5.96 Å². The number of guanidine groups is 1. The van der Waals surface area contributed by atoms with E-state index in [9.17, 15) is 0 Å². The van der Waals surface area contributed by atoms with Crippen LogP contribution >= 0.6 is 0 Å². The van der Waals surface area contributed by atoms with Gasteiger partial charge in [-0.15, -0.1) is 0 Å². The molecule has 5 nitrogen and oxygen atoms in total. The van der Waals surface area contributed by atoms with E-state index < -0.39 is 0 Å². The van der Waals surface area contributed by atoms with Crippen molar-refractivity contribution in [2.45, 2.75) is 25.8 Å². The van der Waals surface area contributed by atoms with Gasteiger partial charge in [-0.1, -0.05) is 30.3 Å². The number of aliphatic imine (C=N–C) groups is 1. The van der Waals surface area contributed by atoms with Crippen LogP contribution in [-0.2, 0) is 17.7 Å². The molecule has 4 rings (SSSR count). The van der Waals surface area contributed by atoms with Gasteiger partial charge in [-0.2, -0.15) is 0 Å². The van der Waals surface area contributed by atoms with Crippen LogP contribution in [0.4, 0.5) is 0 Å². The minimum absolute atomic E-state index is 0.597. The van der Waals surface area contributed by atoms with Crippen LogP contribution in [0.15, 0.2) is 47.5 Å². The van der Waals surface area contributed by atoms with Crippen LogP contribution < -0.4 is 10.1 Å². The maximum Gasteiger partial charge on any atom is 0.193 e. The largest absolute Gasteiger partial charge is 0.493 e. The number of hydrogen-bond acceptors (Lipinski definition) is 3. The molecule has 29 heavy (non-hydrogen) atoms. The molecule has 0 saturated carbocycles. The van der Waals surface area contributed by atoms with Crippen molar-refractivity contribution < 1.29 is 9.47 Å². The van der Waals surface area contributed by atoms with Crippen LogP contribution in [0.1, 0.15) is 24.0 Å². The lowest BCUT2D eigenvalue weighted by atomic mass is 9.98. The first-order valence-corrected chi connectivity index (χ1v) is 10.6. The number of aryl methyl sites for hydroxylation is 1. The van der Waals surface area contributed by atoms with E-state index in [1.807, 2.05) is 7.05 Å². The van der Waals surface area contributed by atoms with Crippen molar-refractivity contribution in [1.29, 1.82) is 0 Å². The van der Waals surface area contributed by atoms with E-state index in [-0.39, 0.29) is 0 Å². The number of nitrogens with zero attached hydrogens (tertiary/aromatic N) is 2. The van der Waals surface area contributed by atoms with Gasteiger partial charge in [-0.3, -0.25) is 4.99 Å². The lowest BCUT2D eigenvalue weighted by Crippen LogP contribution is -2.39. The summed E-state index contributed by atoms with van der Waals surface area (Å²) in [7, 11) is 3.63. The van der Waals surface area contributed by atoms with E-state index in [2.05, 4.69) is 57.7 Å². The number of fused-ring (bicyclic) bond motifs is 1. The zero-order valence-electron chi connectivity index (χ0n) is 17.5. The highest BCUT2D eigenvalue weighted by Gasteiger charge is 2.24. The van der Waals surface area contributed by atoms with Gasteiger partial charge in [-0.25, -0.2) is 0 Å². The third-order valence-corrected chi connectivity index (χ3v) is 5.85. The van der Waals surface area contributed by atoms with Gasteiger partial charge in [0, 0.05) is 39.7 Å². The minimum Gasteiger partial charge on any atom is -0.493 e. The van der Waals surface area contributed by atoms with Crippen molar-refractivity contribution in [2.75, 3.05) is 40.5 Å². The SMILES string of the molecule is CN=C(NCc1ccc(-c2ccc3c(c2)CCCO3)cc1)N1CCC(COC)C1. The van der Waals surface area contributed by atoms with Crippen LogP contribution in [0, 0.1) is 5.92 Å². The molecule has 0 amide bonds. The van der Waals surface area contributed by atoms with Crippen molar-refractivity contribution in [1.82, 2.24) is 10.2 Å². The molecule has 2 aromatic rings. The first-order valence-electron chi connectivity index (χ1n) is 10.6. The van der Waals surface area contributed by atoms with Crippen LogP contribution in [-0.4, -0.2) is 51.3 Å². The van der Waals surface area contributed by atoms with Crippen LogP contribution in [0.2, 0.25) is 0 Å². The van der Waals surface area contributed by atoms with E-state index in [1.54, 1.807) is 7.11 Å². The molecule has 1 atom stereocenters. The topological polar surface area (TPSA) is 46.1 Å². The van der Waals surface area contributed by atoms with Gasteiger partial charge in [0.15, 0.2) is 5.96 Å². The number of hydrogen-bond donors (Lipinski definition) is 1. The summed E-state index contributed by atoms with van der Waals surface area (Å²) >= 11 is 0. The normalized spacial score (nSPS) is 19.0. The summed E-state index contributed by atoms with van der Waals surface area (Å²) in [6.07, 6.45) is 3.37. The number of nitrogens with one attached hydrogen (secondary N) is 1. The molecule has 1 saturated heterocycles. The number of methoxy groups -OCH3 is 1. The maximum atomic E-state index is 5.73. The number of rotatable bonds is 5. The van der Waals surface area contributed by atoms with Gasteiger partial charge in [0.25, 0.3) is 0 Å². The summed E-state index contributed by atoms with van der Waals surface area (Å²) in [5.74, 6) is 2.61. The monoisotopic (exact) mass is 393 g/mol. The molecule has 5 heteroatoms. The fourth-order valence-electron chi connectivity index (χ4n) is 4.27. The Kier molecular flexibility index (Phi) is 6.35. The minimum atomic E-state index is 0.597. The fraction of sp³-hybridized carbons (Fsp3) is 0.458. The summed E-state index contributed by atoms with van der Waals surface area (Å²) in [5.41, 5.74) is 5.07. The summed E-state index contributed by atoms with van der Waals surface area (Å²) in [5, 5.41) is 3.51. The lowest BCUT2D eigenvalue weighted by molar-refractivity contribution is 0.157. The highest BCUT2D eigenvalue weighted by atomic mass is 16.5. The van der Waals surface area contributed by atoms with Crippen molar-refractivity contribution in [3.05, 3.63) is 53.6 Å². The summed E-state index contributed by atoms with van der Waals surface area (Å²) in [6.45, 7) is 4.48. The molecular formula is C24H31N3O2. The molecule has 2 heterocycles. The highest BCUT2D eigenvalue weighted by Crippen LogP contribution is 2.30. The predicted molar refractivity (Wildman–Crippen MR) is 117 cm³/mol. The fourth-order valence-corrected chi connectivity index (χ4v) is 4.27. The van der Waals surface area contributed by atoms with Gasteiger partial charge in [-0.05, 0) is 53.6 Å². The molecule has 2 aromatic carbocycles. The smallest absolute Gasteiger partial charge is 0.193 e. The second-order valence-corrected chi connectivity index (χ2v) is 7.93. The Bertz CT molecular complexity index is 848. The van der Waals surface area contributed by atoms with Crippen molar-refractivity contribution in [2.24, 2.45) is 10.9 Å². The van der Waals surface area contributed by atoms with E-state index in [4.69, 9.17) is 9.47 Å². The summed E-state index contributed by atoms with van der Waals surface area (Å²) in [6, 6.07) is 15.3. The number of ether oxygens (including phenoxy) is 2. The molecule has 1 fully saturated rings. The van der Waals surface area contributed by atoms with Gasteiger partial charge < -0.3 is 19.7 Å². The third kappa shape index (κ3) is 4.73. The molecule has 154 valence electrons. The Morgan fingerprint density at radius 2 is 2.03 bits per heavy atom. The Morgan fingerprint density at radius 1 is 1.21 bits per heavy atom. The average Bonchev–Trinajstić information content (AvgIpc) is 3.23. The molecule has 1 unspecified atom stereocenters. The third-order valence-electron chi connectivity index (χ3n) is 5.85. The molecule has 0 aliphatic carbocycles. The standard InChI is InChI=1S/C24H31N3O2/c1-25-24(27-12-11-19(16-27)17-28-2)26-15-18-5-7-20(8-6-18)21-9-10-23-22(14-21)4-3-13-29-23/h5-10,14,19H,3-4,11-13,15-17H2,1-2H3,(H,25,26). The lowest BCUT2D eigenvalue weighted by Gasteiger charge is -2.22. The molecule has 1 N–H and O–H groups in total. The van der Waals surface area contributed by atoms with Gasteiger partial charge in [0.05, 0.1) is 13.2 Å². The molecule has 0 radical (unpaired) electrons. The zero-order valence-corrected chi connectivity index (χ0v) is 17.5. The highest BCUT2D eigenvalue weighted by molar-refractivity contribution is 5.80. The second-order valence-electron chi connectivity index (χ2n) is 7.93. The Hall–Kier alpha value is -2.53. The number of likely N-dealkylation sites (tertiary alicyclic amines) is 1. The van der Waals surface area contributed by atoms with Gasteiger partial charge >= 0.3 is 0 Å². The molecule has 0 bridgehead atoms. The maximum absolute atomic E-state index is 5.73. The van der Waals surface area contributed by atoms with Gasteiger partial charge in [0.1, 0.15) is 5.75 Å². The molecule has 2 aliphatic heterocycles. The molecule has 0 spiro atoms.